The molecule has 1 aromatic heterocycles. The van der Waals surface area contributed by atoms with E-state index >= 15 is 0 Å². The lowest BCUT2D eigenvalue weighted by atomic mass is 10.2. The third kappa shape index (κ3) is 3.85. The van der Waals surface area contributed by atoms with Crippen LogP contribution in [0.15, 0.2) is 28.8 Å². The molecule has 22 heavy (non-hydrogen) atoms. The minimum absolute atomic E-state index is 0.0330. The molecular formula is C16H18ClN3O2. The van der Waals surface area contributed by atoms with Crippen molar-refractivity contribution in [1.82, 2.24) is 15.5 Å². The van der Waals surface area contributed by atoms with Gasteiger partial charge < -0.3 is 9.84 Å². The van der Waals surface area contributed by atoms with Gasteiger partial charge in [-0.25, -0.2) is 0 Å². The van der Waals surface area contributed by atoms with Crippen molar-refractivity contribution in [1.29, 1.82) is 0 Å². The van der Waals surface area contributed by atoms with Crippen molar-refractivity contribution < 1.29 is 9.32 Å². The Hall–Kier alpha value is -1.88. The molecule has 1 amide bonds. The number of nitrogens with zero attached hydrogens (tertiary/aromatic N) is 2. The minimum atomic E-state index is 0.0330. The Morgan fingerprint density at radius 3 is 2.82 bits per heavy atom. The van der Waals surface area contributed by atoms with E-state index in [4.69, 9.17) is 16.1 Å². The van der Waals surface area contributed by atoms with Crippen LogP contribution in [0.25, 0.3) is 11.4 Å². The van der Waals surface area contributed by atoms with Gasteiger partial charge in [-0.1, -0.05) is 16.8 Å². The Balaban J connectivity index is 1.53. The molecule has 0 spiro atoms. The van der Waals surface area contributed by atoms with Gasteiger partial charge in [0, 0.05) is 29.5 Å². The van der Waals surface area contributed by atoms with Gasteiger partial charge in [-0.3, -0.25) is 4.79 Å². The summed E-state index contributed by atoms with van der Waals surface area (Å²) in [5, 5.41) is 7.61. The van der Waals surface area contributed by atoms with E-state index in [0.29, 0.717) is 35.5 Å². The maximum Gasteiger partial charge on any atom is 0.227 e. The van der Waals surface area contributed by atoms with Crippen LogP contribution in [0.3, 0.4) is 0 Å². The molecule has 0 saturated heterocycles. The summed E-state index contributed by atoms with van der Waals surface area (Å²) in [6.45, 7) is 2.06. The van der Waals surface area contributed by atoms with Crippen LogP contribution in [0.5, 0.6) is 0 Å². The smallest absolute Gasteiger partial charge is 0.227 e. The second-order valence-electron chi connectivity index (χ2n) is 5.71. The van der Waals surface area contributed by atoms with E-state index in [9.17, 15) is 4.79 Å². The van der Waals surface area contributed by atoms with Crippen LogP contribution in [0.4, 0.5) is 0 Å². The lowest BCUT2D eigenvalue weighted by Crippen LogP contribution is -2.34. The first-order valence-electron chi connectivity index (χ1n) is 7.49. The second-order valence-corrected chi connectivity index (χ2v) is 6.15. The van der Waals surface area contributed by atoms with Crippen LogP contribution in [-0.4, -0.2) is 22.1 Å². The van der Waals surface area contributed by atoms with Gasteiger partial charge in [-0.2, -0.15) is 4.98 Å². The molecule has 1 aromatic carbocycles. The lowest BCUT2D eigenvalue weighted by molar-refractivity contribution is -0.121. The largest absolute Gasteiger partial charge is 0.353 e. The molecule has 0 radical (unpaired) electrons. The standard InChI is InChI=1S/C16H18ClN3O2/c1-10(11-2-3-11)18-14(21)8-9-15-19-16(20-22-15)12-4-6-13(17)7-5-12/h4-7,10-11H,2-3,8-9H2,1H3,(H,18,21). The first kappa shape index (κ1) is 15.0. The molecular weight excluding hydrogens is 302 g/mol. The maximum atomic E-state index is 11.9. The molecule has 1 heterocycles. The summed E-state index contributed by atoms with van der Waals surface area (Å²) in [5.41, 5.74) is 0.839. The number of hydrogen-bond acceptors (Lipinski definition) is 4. The second kappa shape index (κ2) is 6.48. The molecule has 1 unspecified atom stereocenters. The Morgan fingerprint density at radius 2 is 2.14 bits per heavy atom. The van der Waals surface area contributed by atoms with Crippen molar-refractivity contribution in [3.8, 4) is 11.4 Å². The summed E-state index contributed by atoms with van der Waals surface area (Å²) in [6.07, 6.45) is 3.24. The van der Waals surface area contributed by atoms with E-state index in [1.807, 2.05) is 12.1 Å². The zero-order valence-corrected chi connectivity index (χ0v) is 13.1. The van der Waals surface area contributed by atoms with Gasteiger partial charge in [0.15, 0.2) is 0 Å². The molecule has 0 aliphatic heterocycles. The quantitative estimate of drug-likeness (QED) is 0.887. The fraction of sp³-hybridized carbons (Fsp3) is 0.438. The molecule has 1 saturated carbocycles. The van der Waals surface area contributed by atoms with Gasteiger partial charge in [0.25, 0.3) is 0 Å². The van der Waals surface area contributed by atoms with E-state index < -0.39 is 0 Å². The molecule has 2 aromatic rings. The SMILES string of the molecule is CC(NC(=O)CCc1nc(-c2ccc(Cl)cc2)no1)C1CC1. The average molecular weight is 320 g/mol. The fourth-order valence-electron chi connectivity index (χ4n) is 2.33. The number of rotatable bonds is 6. The molecule has 1 atom stereocenters. The number of nitrogens with one attached hydrogen (secondary N) is 1. The predicted octanol–water partition coefficient (Wildman–Crippen LogP) is 3.24. The minimum Gasteiger partial charge on any atom is -0.353 e. The number of carbonyl (C=O) groups is 1. The highest BCUT2D eigenvalue weighted by Gasteiger charge is 2.28. The van der Waals surface area contributed by atoms with E-state index in [1.165, 1.54) is 12.8 Å². The number of hydrogen-bond donors (Lipinski definition) is 1. The van der Waals surface area contributed by atoms with Crippen molar-refractivity contribution in [2.45, 2.75) is 38.6 Å². The molecule has 116 valence electrons. The Bertz CT molecular complexity index is 650. The van der Waals surface area contributed by atoms with Crippen LogP contribution in [0, 0.1) is 5.92 Å². The summed E-state index contributed by atoms with van der Waals surface area (Å²) in [5.74, 6) is 1.67. The van der Waals surface area contributed by atoms with Crippen molar-refractivity contribution in [3.63, 3.8) is 0 Å². The summed E-state index contributed by atoms with van der Waals surface area (Å²) >= 11 is 5.85. The van der Waals surface area contributed by atoms with Gasteiger partial charge in [-0.05, 0) is 49.9 Å². The van der Waals surface area contributed by atoms with Gasteiger partial charge in [-0.15, -0.1) is 0 Å². The van der Waals surface area contributed by atoms with E-state index in [-0.39, 0.29) is 11.9 Å². The number of benzene rings is 1. The predicted molar refractivity (Wildman–Crippen MR) is 83.4 cm³/mol. The van der Waals surface area contributed by atoms with Crippen molar-refractivity contribution in [3.05, 3.63) is 35.2 Å². The van der Waals surface area contributed by atoms with Crippen LogP contribution in [0.1, 0.15) is 32.1 Å². The first-order chi connectivity index (χ1) is 10.6. The van der Waals surface area contributed by atoms with Crippen LogP contribution in [-0.2, 0) is 11.2 Å². The highest BCUT2D eigenvalue weighted by molar-refractivity contribution is 6.30. The van der Waals surface area contributed by atoms with Crippen molar-refractivity contribution in [2.24, 2.45) is 5.92 Å². The summed E-state index contributed by atoms with van der Waals surface area (Å²) in [6, 6.07) is 7.49. The topological polar surface area (TPSA) is 68.0 Å². The number of amides is 1. The number of carbonyl (C=O) groups excluding carboxylic acids is 1. The third-order valence-electron chi connectivity index (χ3n) is 3.85. The number of aromatic nitrogens is 2. The van der Waals surface area contributed by atoms with E-state index in [2.05, 4.69) is 22.4 Å². The normalized spacial score (nSPS) is 15.5. The maximum absolute atomic E-state index is 11.9. The first-order valence-corrected chi connectivity index (χ1v) is 7.87. The molecule has 0 bridgehead atoms. The van der Waals surface area contributed by atoms with Gasteiger partial charge >= 0.3 is 0 Å². The molecule has 6 heteroatoms. The molecule has 1 aliphatic carbocycles. The Labute approximate surface area is 134 Å². The highest BCUT2D eigenvalue weighted by atomic mass is 35.5. The van der Waals surface area contributed by atoms with E-state index in [0.717, 1.165) is 5.56 Å². The van der Waals surface area contributed by atoms with Crippen LogP contribution in [0.2, 0.25) is 5.02 Å². The number of aryl methyl sites for hydroxylation is 1. The third-order valence-corrected chi connectivity index (χ3v) is 4.11. The summed E-state index contributed by atoms with van der Waals surface area (Å²) < 4.78 is 5.19. The molecule has 1 fully saturated rings. The summed E-state index contributed by atoms with van der Waals surface area (Å²) in [4.78, 5) is 16.2. The lowest BCUT2D eigenvalue weighted by Gasteiger charge is -2.11. The van der Waals surface area contributed by atoms with Gasteiger partial charge in [0.2, 0.25) is 17.6 Å². The van der Waals surface area contributed by atoms with Crippen LogP contribution >= 0.6 is 11.6 Å². The summed E-state index contributed by atoms with van der Waals surface area (Å²) in [7, 11) is 0. The molecule has 5 nitrogen and oxygen atoms in total. The zero-order chi connectivity index (χ0) is 15.5. The highest BCUT2D eigenvalue weighted by Crippen LogP contribution is 2.32. The Kier molecular flexibility index (Phi) is 4.43. The van der Waals surface area contributed by atoms with Crippen molar-refractivity contribution >= 4 is 17.5 Å². The molecule has 1 aliphatic rings. The van der Waals surface area contributed by atoms with Gasteiger partial charge in [0.1, 0.15) is 0 Å². The fourth-order valence-corrected chi connectivity index (χ4v) is 2.46. The number of halogens is 1. The van der Waals surface area contributed by atoms with Gasteiger partial charge in [0.05, 0.1) is 0 Å². The van der Waals surface area contributed by atoms with Crippen molar-refractivity contribution in [2.75, 3.05) is 0 Å². The zero-order valence-electron chi connectivity index (χ0n) is 12.4. The molecule has 3 rings (SSSR count). The average Bonchev–Trinajstić information content (AvgIpc) is 3.25. The Morgan fingerprint density at radius 1 is 1.41 bits per heavy atom. The monoisotopic (exact) mass is 319 g/mol. The molecule has 1 N–H and O–H groups in total. The van der Waals surface area contributed by atoms with E-state index in [1.54, 1.807) is 12.1 Å². The van der Waals surface area contributed by atoms with Crippen LogP contribution < -0.4 is 5.32 Å².